The number of imidazole rings is 1. The van der Waals surface area contributed by atoms with Gasteiger partial charge in [0.15, 0.2) is 5.76 Å². The Labute approximate surface area is 241 Å². The third kappa shape index (κ3) is 5.44. The van der Waals surface area contributed by atoms with Crippen molar-refractivity contribution < 1.29 is 18.6 Å². The largest absolute Gasteiger partial charge is 0.497 e. The summed E-state index contributed by atoms with van der Waals surface area (Å²) in [6.07, 6.45) is 1.89. The molecule has 3 aromatic heterocycles. The van der Waals surface area contributed by atoms with Crippen LogP contribution in [0.4, 0.5) is 0 Å². The number of ether oxygens (including phenoxy) is 3. The fraction of sp³-hybridized carbons (Fsp3) is 0.250. The van der Waals surface area contributed by atoms with Gasteiger partial charge in [0.1, 0.15) is 34.4 Å². The molecular formula is C32H30N4O4S. The predicted molar refractivity (Wildman–Crippen MR) is 160 cm³/mol. The molecule has 0 atom stereocenters. The number of hydrogen-bond acceptors (Lipinski definition) is 8. The molecule has 0 saturated carbocycles. The van der Waals surface area contributed by atoms with Crippen molar-refractivity contribution in [2.24, 2.45) is 0 Å². The standard InChI is InChI=1S/C32H30N4O4S/c1-21-34-36-19-29(33-32(36)41-21)31-17-28-25(15-27(37-2)16-30(28)40-31)20-39-26-5-3-4-24(14-26)23-8-6-22(7-9-23)18-35-10-12-38-13-11-35/h3-9,14-17,19H,10-13,18,20H2,1-2H3. The second-order valence-corrected chi connectivity index (χ2v) is 11.3. The highest BCUT2D eigenvalue weighted by Gasteiger charge is 2.16. The van der Waals surface area contributed by atoms with Crippen LogP contribution in [0.1, 0.15) is 16.1 Å². The first-order valence-electron chi connectivity index (χ1n) is 13.7. The number of nitrogens with zero attached hydrogens (tertiary/aromatic N) is 4. The van der Waals surface area contributed by atoms with E-state index >= 15 is 0 Å². The molecule has 7 rings (SSSR count). The Kier molecular flexibility index (Phi) is 6.92. The molecule has 0 amide bonds. The summed E-state index contributed by atoms with van der Waals surface area (Å²) in [5.41, 5.74) is 6.03. The molecule has 6 aromatic rings. The molecular weight excluding hydrogens is 536 g/mol. The van der Waals surface area contributed by atoms with Gasteiger partial charge in [-0.15, -0.1) is 0 Å². The highest BCUT2D eigenvalue weighted by Crippen LogP contribution is 2.34. The van der Waals surface area contributed by atoms with Crippen LogP contribution in [-0.4, -0.2) is 52.9 Å². The second kappa shape index (κ2) is 11.0. The summed E-state index contributed by atoms with van der Waals surface area (Å²) in [6.45, 7) is 6.89. The molecule has 0 unspecified atom stereocenters. The van der Waals surface area contributed by atoms with Gasteiger partial charge in [-0.1, -0.05) is 47.7 Å². The van der Waals surface area contributed by atoms with E-state index in [1.54, 1.807) is 23.0 Å². The van der Waals surface area contributed by atoms with Crippen molar-refractivity contribution in [3.8, 4) is 34.1 Å². The van der Waals surface area contributed by atoms with E-state index in [0.29, 0.717) is 18.1 Å². The van der Waals surface area contributed by atoms with Crippen LogP contribution >= 0.6 is 11.3 Å². The van der Waals surface area contributed by atoms with E-state index in [1.165, 1.54) is 5.56 Å². The van der Waals surface area contributed by atoms with Gasteiger partial charge in [0.05, 0.1) is 26.5 Å². The summed E-state index contributed by atoms with van der Waals surface area (Å²) in [5, 5.41) is 6.40. The zero-order valence-corrected chi connectivity index (χ0v) is 23.8. The smallest absolute Gasteiger partial charge is 0.212 e. The lowest BCUT2D eigenvalue weighted by Gasteiger charge is -2.26. The van der Waals surface area contributed by atoms with Gasteiger partial charge in [0.25, 0.3) is 0 Å². The Morgan fingerprint density at radius 1 is 0.951 bits per heavy atom. The fourth-order valence-corrected chi connectivity index (χ4v) is 5.94. The number of benzene rings is 3. The van der Waals surface area contributed by atoms with Crippen LogP contribution in [-0.2, 0) is 17.9 Å². The first kappa shape index (κ1) is 25.8. The van der Waals surface area contributed by atoms with E-state index in [0.717, 1.165) is 81.9 Å². The Bertz CT molecular complexity index is 1780. The zero-order chi connectivity index (χ0) is 27.8. The van der Waals surface area contributed by atoms with Gasteiger partial charge in [0, 0.05) is 36.7 Å². The van der Waals surface area contributed by atoms with Gasteiger partial charge in [0.2, 0.25) is 4.96 Å². The maximum absolute atomic E-state index is 6.31. The quantitative estimate of drug-likeness (QED) is 0.206. The van der Waals surface area contributed by atoms with Gasteiger partial charge in [-0.2, -0.15) is 5.10 Å². The van der Waals surface area contributed by atoms with Crippen molar-refractivity contribution >= 4 is 27.3 Å². The molecule has 208 valence electrons. The van der Waals surface area contributed by atoms with Crippen LogP contribution < -0.4 is 9.47 Å². The van der Waals surface area contributed by atoms with Gasteiger partial charge >= 0.3 is 0 Å². The third-order valence-corrected chi connectivity index (χ3v) is 8.19. The average Bonchev–Trinajstić information content (AvgIpc) is 3.70. The van der Waals surface area contributed by atoms with Crippen LogP contribution in [0.5, 0.6) is 11.5 Å². The summed E-state index contributed by atoms with van der Waals surface area (Å²) in [4.78, 5) is 7.96. The molecule has 0 radical (unpaired) electrons. The molecule has 3 aromatic carbocycles. The highest BCUT2D eigenvalue weighted by molar-refractivity contribution is 7.16. The number of hydrogen-bond donors (Lipinski definition) is 0. The molecule has 9 heteroatoms. The van der Waals surface area contributed by atoms with E-state index in [4.69, 9.17) is 23.6 Å². The lowest BCUT2D eigenvalue weighted by Crippen LogP contribution is -2.35. The number of rotatable bonds is 8. The summed E-state index contributed by atoms with van der Waals surface area (Å²) < 4.78 is 25.3. The van der Waals surface area contributed by atoms with Gasteiger partial charge < -0.3 is 18.6 Å². The summed E-state index contributed by atoms with van der Waals surface area (Å²) >= 11 is 1.55. The van der Waals surface area contributed by atoms with E-state index < -0.39 is 0 Å². The molecule has 41 heavy (non-hydrogen) atoms. The molecule has 0 N–H and O–H groups in total. The van der Waals surface area contributed by atoms with Crippen molar-refractivity contribution in [1.82, 2.24) is 19.5 Å². The van der Waals surface area contributed by atoms with Gasteiger partial charge in [-0.3, -0.25) is 4.90 Å². The van der Waals surface area contributed by atoms with Crippen molar-refractivity contribution in [3.05, 3.63) is 89.1 Å². The number of morpholine rings is 1. The average molecular weight is 567 g/mol. The normalized spacial score (nSPS) is 14.2. The Balaban J connectivity index is 1.10. The Morgan fingerprint density at radius 3 is 2.61 bits per heavy atom. The fourth-order valence-electron chi connectivity index (χ4n) is 5.21. The van der Waals surface area contributed by atoms with Crippen LogP contribution in [0.3, 0.4) is 0 Å². The predicted octanol–water partition coefficient (Wildman–Crippen LogP) is 6.60. The van der Waals surface area contributed by atoms with E-state index in [1.807, 2.05) is 43.5 Å². The van der Waals surface area contributed by atoms with Crippen molar-refractivity contribution in [2.75, 3.05) is 33.4 Å². The molecule has 1 aliphatic rings. The topological polar surface area (TPSA) is 74.3 Å². The monoisotopic (exact) mass is 566 g/mol. The Morgan fingerprint density at radius 2 is 1.80 bits per heavy atom. The molecule has 0 bridgehead atoms. The van der Waals surface area contributed by atoms with Crippen LogP contribution in [0, 0.1) is 6.92 Å². The van der Waals surface area contributed by atoms with Crippen LogP contribution in [0.15, 0.2) is 77.3 Å². The van der Waals surface area contributed by atoms with Crippen molar-refractivity contribution in [3.63, 3.8) is 0 Å². The number of aryl methyl sites for hydroxylation is 1. The SMILES string of the molecule is COc1cc(COc2cccc(-c3ccc(CN4CCOCC4)cc3)c2)c2cc(-c3cn4nc(C)sc4n3)oc2c1. The summed E-state index contributed by atoms with van der Waals surface area (Å²) in [6, 6.07) is 22.9. The molecule has 0 spiro atoms. The lowest BCUT2D eigenvalue weighted by molar-refractivity contribution is 0.0342. The van der Waals surface area contributed by atoms with E-state index in [-0.39, 0.29) is 0 Å². The maximum Gasteiger partial charge on any atom is 0.212 e. The minimum atomic E-state index is 0.369. The Hall–Kier alpha value is -4.18. The first-order valence-corrected chi connectivity index (χ1v) is 14.5. The molecule has 4 heterocycles. The minimum Gasteiger partial charge on any atom is -0.497 e. The lowest BCUT2D eigenvalue weighted by atomic mass is 10.0. The number of furan rings is 1. The highest BCUT2D eigenvalue weighted by atomic mass is 32.1. The number of aromatic nitrogens is 3. The van der Waals surface area contributed by atoms with Crippen LogP contribution in [0.25, 0.3) is 38.5 Å². The number of fused-ring (bicyclic) bond motifs is 2. The molecule has 8 nitrogen and oxygen atoms in total. The molecule has 1 saturated heterocycles. The van der Waals surface area contributed by atoms with Gasteiger partial charge in [-0.25, -0.2) is 9.50 Å². The summed E-state index contributed by atoms with van der Waals surface area (Å²) in [5.74, 6) is 2.20. The van der Waals surface area contributed by atoms with E-state index in [9.17, 15) is 0 Å². The van der Waals surface area contributed by atoms with E-state index in [2.05, 4.69) is 46.4 Å². The van der Waals surface area contributed by atoms with Crippen LogP contribution in [0.2, 0.25) is 0 Å². The van der Waals surface area contributed by atoms with Gasteiger partial charge in [-0.05, 0) is 47.9 Å². The zero-order valence-electron chi connectivity index (χ0n) is 23.0. The third-order valence-electron chi connectivity index (χ3n) is 7.35. The molecule has 0 aliphatic carbocycles. The number of methoxy groups -OCH3 is 1. The molecule has 1 aliphatic heterocycles. The second-order valence-electron chi connectivity index (χ2n) is 10.2. The summed E-state index contributed by atoms with van der Waals surface area (Å²) in [7, 11) is 1.66. The minimum absolute atomic E-state index is 0.369. The maximum atomic E-state index is 6.31. The molecule has 1 fully saturated rings. The van der Waals surface area contributed by atoms with Crippen molar-refractivity contribution in [2.45, 2.75) is 20.1 Å². The van der Waals surface area contributed by atoms with Crippen molar-refractivity contribution in [1.29, 1.82) is 0 Å². The first-order chi connectivity index (χ1) is 20.1.